The summed E-state index contributed by atoms with van der Waals surface area (Å²) in [5.74, 6) is -0.522. The van der Waals surface area contributed by atoms with Gasteiger partial charge in [-0.2, -0.15) is 0 Å². The summed E-state index contributed by atoms with van der Waals surface area (Å²) < 4.78 is 46.6. The van der Waals surface area contributed by atoms with Crippen molar-refractivity contribution in [2.24, 2.45) is 0 Å². The van der Waals surface area contributed by atoms with Crippen LogP contribution in [-0.2, 0) is 21.2 Å². The fourth-order valence-electron chi connectivity index (χ4n) is 3.40. The van der Waals surface area contributed by atoms with Gasteiger partial charge in [0.1, 0.15) is 11.6 Å². The number of carbonyl (C=O) groups excluding carboxylic acids is 1. The highest BCUT2D eigenvalue weighted by molar-refractivity contribution is 7.92. The van der Waals surface area contributed by atoms with E-state index in [1.54, 1.807) is 42.5 Å². The maximum atomic E-state index is 13.3. The zero-order chi connectivity index (χ0) is 22.7. The van der Waals surface area contributed by atoms with Gasteiger partial charge >= 0.3 is 0 Å². The van der Waals surface area contributed by atoms with E-state index < -0.39 is 22.0 Å². The molecule has 9 heteroatoms. The molecule has 0 aliphatic carbocycles. The van der Waals surface area contributed by atoms with Crippen LogP contribution in [0.1, 0.15) is 5.56 Å². The first kappa shape index (κ1) is 22.1. The van der Waals surface area contributed by atoms with Crippen LogP contribution in [0.15, 0.2) is 77.7 Å². The molecule has 166 valence electrons. The smallest absolute Gasteiger partial charge is 0.264 e. The average molecular weight is 475 g/mol. The molecule has 6 nitrogen and oxygen atoms in total. The third-order valence-corrected chi connectivity index (χ3v) is 7.07. The Bertz CT molecular complexity index is 1220. The van der Waals surface area contributed by atoms with Crippen molar-refractivity contribution < 1.29 is 22.3 Å². The van der Waals surface area contributed by atoms with Gasteiger partial charge in [0, 0.05) is 11.6 Å². The molecule has 1 unspecified atom stereocenters. The summed E-state index contributed by atoms with van der Waals surface area (Å²) in [5.41, 5.74) is 1.14. The SMILES string of the molecule is O=C(NCCc1ccc(F)cc1)C1CN(S(=O)(=O)c2ccccc2)c2cc(Cl)ccc2O1. The number of nitrogens with one attached hydrogen (secondary N) is 1. The molecule has 0 radical (unpaired) electrons. The number of sulfonamides is 1. The van der Waals surface area contributed by atoms with Crippen LogP contribution in [0.5, 0.6) is 5.75 Å². The van der Waals surface area contributed by atoms with Gasteiger partial charge in [-0.3, -0.25) is 9.10 Å². The number of hydrogen-bond donors (Lipinski definition) is 1. The van der Waals surface area contributed by atoms with Crippen LogP contribution in [-0.4, -0.2) is 33.5 Å². The molecule has 1 N–H and O–H groups in total. The average Bonchev–Trinajstić information content (AvgIpc) is 2.80. The van der Waals surface area contributed by atoms with Crippen LogP contribution in [0.2, 0.25) is 5.02 Å². The first-order valence-electron chi connectivity index (χ1n) is 9.91. The predicted molar refractivity (Wildman–Crippen MR) is 120 cm³/mol. The number of halogens is 2. The van der Waals surface area contributed by atoms with Crippen LogP contribution in [0.25, 0.3) is 0 Å². The highest BCUT2D eigenvalue weighted by atomic mass is 35.5. The van der Waals surface area contributed by atoms with Crippen molar-refractivity contribution in [3.63, 3.8) is 0 Å². The van der Waals surface area contributed by atoms with Crippen molar-refractivity contribution in [1.82, 2.24) is 5.32 Å². The lowest BCUT2D eigenvalue weighted by Crippen LogP contribution is -2.51. The number of benzene rings is 3. The second-order valence-electron chi connectivity index (χ2n) is 7.24. The van der Waals surface area contributed by atoms with E-state index in [2.05, 4.69) is 5.32 Å². The topological polar surface area (TPSA) is 75.7 Å². The van der Waals surface area contributed by atoms with E-state index >= 15 is 0 Å². The van der Waals surface area contributed by atoms with E-state index in [4.69, 9.17) is 16.3 Å². The zero-order valence-electron chi connectivity index (χ0n) is 16.9. The Morgan fingerprint density at radius 2 is 1.81 bits per heavy atom. The summed E-state index contributed by atoms with van der Waals surface area (Å²) in [6.45, 7) is 0.0934. The Balaban J connectivity index is 1.54. The lowest BCUT2D eigenvalue weighted by Gasteiger charge is -2.34. The highest BCUT2D eigenvalue weighted by Gasteiger charge is 2.37. The molecule has 1 aliphatic heterocycles. The number of carbonyl (C=O) groups is 1. The molecule has 1 aliphatic rings. The van der Waals surface area contributed by atoms with Crippen LogP contribution in [0, 0.1) is 5.82 Å². The molecule has 4 rings (SSSR count). The van der Waals surface area contributed by atoms with Gasteiger partial charge in [0.15, 0.2) is 6.10 Å². The minimum atomic E-state index is -3.95. The number of amides is 1. The summed E-state index contributed by atoms with van der Waals surface area (Å²) in [5, 5.41) is 3.11. The van der Waals surface area contributed by atoms with E-state index in [0.29, 0.717) is 18.0 Å². The van der Waals surface area contributed by atoms with E-state index in [9.17, 15) is 17.6 Å². The standard InChI is InChI=1S/C23H20ClFN2O4S/c24-17-8-11-21-20(14-17)27(32(29,30)19-4-2-1-3-5-19)15-22(31-21)23(28)26-13-12-16-6-9-18(25)10-7-16/h1-11,14,22H,12-13,15H2,(H,26,28). The van der Waals surface area contributed by atoms with Crippen molar-refractivity contribution in [2.75, 3.05) is 17.4 Å². The van der Waals surface area contributed by atoms with Gasteiger partial charge in [-0.05, 0) is 54.4 Å². The number of anilines is 1. The summed E-state index contributed by atoms with van der Waals surface area (Å²) in [6, 6.07) is 18.6. The van der Waals surface area contributed by atoms with Gasteiger partial charge in [-0.25, -0.2) is 12.8 Å². The molecule has 3 aromatic carbocycles. The molecular formula is C23H20ClFN2O4S. The molecule has 0 saturated heterocycles. The van der Waals surface area contributed by atoms with Crippen molar-refractivity contribution in [2.45, 2.75) is 17.4 Å². The number of nitrogens with zero attached hydrogens (tertiary/aromatic N) is 1. The fourth-order valence-corrected chi connectivity index (χ4v) is 5.06. The number of ether oxygens (including phenoxy) is 1. The molecule has 1 amide bonds. The largest absolute Gasteiger partial charge is 0.476 e. The second kappa shape index (κ2) is 9.18. The van der Waals surface area contributed by atoms with Gasteiger partial charge < -0.3 is 10.1 Å². The van der Waals surface area contributed by atoms with Crippen LogP contribution in [0.3, 0.4) is 0 Å². The highest BCUT2D eigenvalue weighted by Crippen LogP contribution is 2.38. The Kier molecular flexibility index (Phi) is 6.34. The molecule has 0 spiro atoms. The molecule has 0 saturated carbocycles. The fraction of sp³-hybridized carbons (Fsp3) is 0.174. The molecule has 0 fully saturated rings. The van der Waals surface area contributed by atoms with Crippen molar-refractivity contribution in [3.05, 3.63) is 89.2 Å². The Hall–Kier alpha value is -3.10. The Labute approximate surface area is 190 Å². The van der Waals surface area contributed by atoms with E-state index in [-0.39, 0.29) is 28.7 Å². The third kappa shape index (κ3) is 4.71. The summed E-state index contributed by atoms with van der Waals surface area (Å²) >= 11 is 6.09. The van der Waals surface area contributed by atoms with E-state index in [1.807, 2.05) is 0 Å². The molecule has 1 atom stereocenters. The first-order valence-corrected chi connectivity index (χ1v) is 11.7. The quantitative estimate of drug-likeness (QED) is 0.589. The summed E-state index contributed by atoms with van der Waals surface area (Å²) in [6.07, 6.45) is -0.549. The minimum absolute atomic E-state index is 0.100. The normalized spacial score (nSPS) is 15.6. The van der Waals surface area contributed by atoms with Gasteiger partial charge in [0.05, 0.1) is 17.1 Å². The Morgan fingerprint density at radius 3 is 2.53 bits per heavy atom. The van der Waals surface area contributed by atoms with Gasteiger partial charge in [0.25, 0.3) is 15.9 Å². The van der Waals surface area contributed by atoms with E-state index in [0.717, 1.165) is 9.87 Å². The van der Waals surface area contributed by atoms with Gasteiger partial charge in [0.2, 0.25) is 0 Å². The predicted octanol–water partition coefficient (Wildman–Crippen LogP) is 3.79. The summed E-state index contributed by atoms with van der Waals surface area (Å²) in [4.78, 5) is 12.9. The van der Waals surface area contributed by atoms with Gasteiger partial charge in [-0.15, -0.1) is 0 Å². The van der Waals surface area contributed by atoms with Crippen LogP contribution >= 0.6 is 11.6 Å². The third-order valence-electron chi connectivity index (χ3n) is 5.04. The van der Waals surface area contributed by atoms with Crippen LogP contribution < -0.4 is 14.4 Å². The van der Waals surface area contributed by atoms with Crippen molar-refractivity contribution in [1.29, 1.82) is 0 Å². The molecule has 1 heterocycles. The zero-order valence-corrected chi connectivity index (χ0v) is 18.4. The maximum absolute atomic E-state index is 13.3. The van der Waals surface area contributed by atoms with E-state index in [1.165, 1.54) is 30.3 Å². The molecule has 0 bridgehead atoms. The first-order chi connectivity index (χ1) is 15.3. The second-order valence-corrected chi connectivity index (χ2v) is 9.53. The molecule has 0 aromatic heterocycles. The lowest BCUT2D eigenvalue weighted by molar-refractivity contribution is -0.127. The number of fused-ring (bicyclic) bond motifs is 1. The van der Waals surface area contributed by atoms with Gasteiger partial charge in [-0.1, -0.05) is 41.9 Å². The number of rotatable bonds is 6. The number of hydrogen-bond acceptors (Lipinski definition) is 4. The molecular weight excluding hydrogens is 455 g/mol. The Morgan fingerprint density at radius 1 is 1.09 bits per heavy atom. The monoisotopic (exact) mass is 474 g/mol. The van der Waals surface area contributed by atoms with Crippen molar-refractivity contribution >= 4 is 33.2 Å². The lowest BCUT2D eigenvalue weighted by atomic mass is 10.1. The van der Waals surface area contributed by atoms with Crippen LogP contribution in [0.4, 0.5) is 10.1 Å². The minimum Gasteiger partial charge on any atom is -0.476 e. The molecule has 32 heavy (non-hydrogen) atoms. The summed E-state index contributed by atoms with van der Waals surface area (Å²) in [7, 11) is -3.95. The van der Waals surface area contributed by atoms with Crippen molar-refractivity contribution in [3.8, 4) is 5.75 Å². The molecule has 3 aromatic rings. The maximum Gasteiger partial charge on any atom is 0.264 e.